The summed E-state index contributed by atoms with van der Waals surface area (Å²) in [5, 5.41) is 5.50. The molecule has 1 unspecified atom stereocenters. The van der Waals surface area contributed by atoms with Gasteiger partial charge >= 0.3 is 0 Å². The predicted molar refractivity (Wildman–Crippen MR) is 145 cm³/mol. The highest BCUT2D eigenvalue weighted by atomic mass is 79.9. The number of rotatable bonds is 9. The van der Waals surface area contributed by atoms with E-state index in [1.165, 1.54) is 0 Å². The normalized spacial score (nSPS) is 11.9. The van der Waals surface area contributed by atoms with Crippen molar-refractivity contribution in [2.45, 2.75) is 45.6 Å². The minimum Gasteiger partial charge on any atom is -0.489 e. The number of fused-ring (bicyclic) bond motifs is 1. The summed E-state index contributed by atoms with van der Waals surface area (Å²) in [5.41, 5.74) is 4.10. The van der Waals surface area contributed by atoms with Gasteiger partial charge in [0.1, 0.15) is 12.4 Å². The van der Waals surface area contributed by atoms with Gasteiger partial charge in [-0.3, -0.25) is 4.79 Å². The molecule has 0 bridgehead atoms. The maximum absolute atomic E-state index is 13.4. The first-order chi connectivity index (χ1) is 16.5. The molecule has 0 aromatic heterocycles. The first kappa shape index (κ1) is 24.0. The van der Waals surface area contributed by atoms with Crippen LogP contribution >= 0.6 is 15.9 Å². The van der Waals surface area contributed by atoms with Gasteiger partial charge in [0.2, 0.25) is 5.91 Å². The number of unbranched alkanes of at least 4 members (excludes halogenated alkanes) is 1. The highest BCUT2D eigenvalue weighted by molar-refractivity contribution is 9.10. The van der Waals surface area contributed by atoms with E-state index in [0.717, 1.165) is 62.6 Å². The van der Waals surface area contributed by atoms with Crippen LogP contribution < -0.4 is 10.1 Å². The molecule has 0 aliphatic rings. The molecule has 4 aromatic rings. The molecule has 1 atom stereocenters. The van der Waals surface area contributed by atoms with Crippen LogP contribution in [0.5, 0.6) is 5.75 Å². The van der Waals surface area contributed by atoms with E-state index in [0.29, 0.717) is 6.61 Å². The number of anilines is 1. The van der Waals surface area contributed by atoms with Crippen LogP contribution in [-0.2, 0) is 17.8 Å². The number of nitrogens with one attached hydrogen (secondary N) is 1. The number of amides is 1. The number of carbonyl (C=O) groups is 1. The molecular weight excluding hydrogens is 486 g/mol. The topological polar surface area (TPSA) is 38.3 Å². The highest BCUT2D eigenvalue weighted by Gasteiger charge is 2.19. The molecular formula is C30H30BrNO2. The Kier molecular flexibility index (Phi) is 8.02. The van der Waals surface area contributed by atoms with Gasteiger partial charge in [-0.2, -0.15) is 0 Å². The Balaban J connectivity index is 1.54. The molecule has 0 heterocycles. The highest BCUT2D eigenvalue weighted by Crippen LogP contribution is 2.28. The Hall–Kier alpha value is -3.11. The van der Waals surface area contributed by atoms with Crippen molar-refractivity contribution in [3.05, 3.63) is 106 Å². The van der Waals surface area contributed by atoms with E-state index in [1.807, 2.05) is 55.5 Å². The monoisotopic (exact) mass is 515 g/mol. The summed E-state index contributed by atoms with van der Waals surface area (Å²) < 4.78 is 6.98. The average Bonchev–Trinajstić information content (AvgIpc) is 2.87. The summed E-state index contributed by atoms with van der Waals surface area (Å²) in [6.07, 6.45) is 3.12. The molecule has 0 radical (unpaired) electrons. The van der Waals surface area contributed by atoms with Gasteiger partial charge in [0.25, 0.3) is 0 Å². The van der Waals surface area contributed by atoms with Crippen LogP contribution in [0, 0.1) is 0 Å². The maximum atomic E-state index is 13.4. The van der Waals surface area contributed by atoms with Gasteiger partial charge in [0, 0.05) is 10.2 Å². The largest absolute Gasteiger partial charge is 0.489 e. The molecule has 3 nitrogen and oxygen atoms in total. The van der Waals surface area contributed by atoms with Crippen molar-refractivity contribution in [2.24, 2.45) is 0 Å². The molecule has 0 fully saturated rings. The lowest BCUT2D eigenvalue weighted by molar-refractivity contribution is -0.117. The molecule has 34 heavy (non-hydrogen) atoms. The standard InChI is InChI=1S/C30H30BrNO2/c1-3-4-8-24-14-13-22(20-34-26-17-15-25(31)16-18-26)19-29(24)32-30(33)21(2)27-12-7-10-23-9-5-6-11-28(23)27/h5-7,9-19,21H,3-4,8,20H2,1-2H3,(H,32,33). The number of aryl methyl sites for hydroxylation is 1. The van der Waals surface area contributed by atoms with E-state index in [1.54, 1.807) is 0 Å². The van der Waals surface area contributed by atoms with Crippen LogP contribution in [0.15, 0.2) is 89.4 Å². The van der Waals surface area contributed by atoms with Gasteiger partial charge in [0.05, 0.1) is 5.92 Å². The molecule has 1 N–H and O–H groups in total. The number of hydrogen-bond donors (Lipinski definition) is 1. The van der Waals surface area contributed by atoms with Crippen LogP contribution in [-0.4, -0.2) is 5.91 Å². The minimum absolute atomic E-state index is 0.0000736. The number of ether oxygens (including phenoxy) is 1. The number of halogens is 1. The van der Waals surface area contributed by atoms with Gasteiger partial charge in [-0.15, -0.1) is 0 Å². The van der Waals surface area contributed by atoms with Crippen molar-refractivity contribution >= 4 is 38.3 Å². The zero-order valence-electron chi connectivity index (χ0n) is 19.7. The van der Waals surface area contributed by atoms with Crippen molar-refractivity contribution in [3.63, 3.8) is 0 Å². The first-order valence-corrected chi connectivity index (χ1v) is 12.6. The van der Waals surface area contributed by atoms with Crippen LogP contribution in [0.4, 0.5) is 5.69 Å². The van der Waals surface area contributed by atoms with E-state index in [-0.39, 0.29) is 11.8 Å². The second-order valence-corrected chi connectivity index (χ2v) is 9.53. The zero-order valence-corrected chi connectivity index (χ0v) is 21.3. The molecule has 0 aliphatic heterocycles. The zero-order chi connectivity index (χ0) is 23.9. The average molecular weight is 516 g/mol. The van der Waals surface area contributed by atoms with Gasteiger partial charge in [-0.05, 0) is 77.6 Å². The molecule has 0 saturated carbocycles. The molecule has 0 spiro atoms. The third-order valence-corrected chi connectivity index (χ3v) is 6.66. The van der Waals surface area contributed by atoms with E-state index < -0.39 is 0 Å². The van der Waals surface area contributed by atoms with E-state index in [2.05, 4.69) is 64.6 Å². The lowest BCUT2D eigenvalue weighted by atomic mass is 9.94. The van der Waals surface area contributed by atoms with Crippen LogP contribution in [0.2, 0.25) is 0 Å². The van der Waals surface area contributed by atoms with Gasteiger partial charge in [-0.1, -0.05) is 83.9 Å². The summed E-state index contributed by atoms with van der Waals surface area (Å²) >= 11 is 3.45. The molecule has 4 aromatic carbocycles. The summed E-state index contributed by atoms with van der Waals surface area (Å²) in [7, 11) is 0. The lowest BCUT2D eigenvalue weighted by Crippen LogP contribution is -2.20. The van der Waals surface area contributed by atoms with Gasteiger partial charge in [0.15, 0.2) is 0 Å². The third kappa shape index (κ3) is 5.87. The molecule has 4 rings (SSSR count). The van der Waals surface area contributed by atoms with Crippen molar-refractivity contribution in [1.29, 1.82) is 0 Å². The van der Waals surface area contributed by atoms with Crippen molar-refractivity contribution in [3.8, 4) is 5.75 Å². The fourth-order valence-corrected chi connectivity index (χ4v) is 4.39. The Labute approximate surface area is 210 Å². The minimum atomic E-state index is -0.271. The smallest absolute Gasteiger partial charge is 0.231 e. The molecule has 1 amide bonds. The summed E-state index contributed by atoms with van der Waals surface area (Å²) in [6.45, 7) is 4.60. The van der Waals surface area contributed by atoms with Crippen LogP contribution in [0.1, 0.15) is 49.3 Å². The van der Waals surface area contributed by atoms with Crippen molar-refractivity contribution in [2.75, 3.05) is 5.32 Å². The number of carbonyl (C=O) groups excluding carboxylic acids is 1. The summed E-state index contributed by atoms with van der Waals surface area (Å²) in [6, 6.07) is 28.4. The van der Waals surface area contributed by atoms with Gasteiger partial charge in [-0.25, -0.2) is 0 Å². The Morgan fingerprint density at radius 2 is 1.74 bits per heavy atom. The van der Waals surface area contributed by atoms with Gasteiger partial charge < -0.3 is 10.1 Å². The Bertz CT molecular complexity index is 1260. The molecule has 174 valence electrons. The quantitative estimate of drug-likeness (QED) is 0.243. The second kappa shape index (κ2) is 11.3. The fourth-order valence-electron chi connectivity index (χ4n) is 4.12. The molecule has 0 aliphatic carbocycles. The molecule has 4 heteroatoms. The lowest BCUT2D eigenvalue weighted by Gasteiger charge is -2.18. The molecule has 0 saturated heterocycles. The SMILES string of the molecule is CCCCc1ccc(COc2ccc(Br)cc2)cc1NC(=O)C(C)c1cccc2ccccc12. The van der Waals surface area contributed by atoms with Crippen molar-refractivity contribution < 1.29 is 9.53 Å². The number of hydrogen-bond acceptors (Lipinski definition) is 2. The predicted octanol–water partition coefficient (Wildman–Crippen LogP) is 8.27. The third-order valence-electron chi connectivity index (χ3n) is 6.13. The van der Waals surface area contributed by atoms with Crippen molar-refractivity contribution in [1.82, 2.24) is 0 Å². The second-order valence-electron chi connectivity index (χ2n) is 8.62. The maximum Gasteiger partial charge on any atom is 0.231 e. The Morgan fingerprint density at radius 3 is 2.53 bits per heavy atom. The Morgan fingerprint density at radius 1 is 0.971 bits per heavy atom. The van der Waals surface area contributed by atoms with E-state index in [9.17, 15) is 4.79 Å². The van der Waals surface area contributed by atoms with Crippen LogP contribution in [0.3, 0.4) is 0 Å². The summed E-state index contributed by atoms with van der Waals surface area (Å²) in [5.74, 6) is 0.543. The summed E-state index contributed by atoms with van der Waals surface area (Å²) in [4.78, 5) is 13.4. The first-order valence-electron chi connectivity index (χ1n) is 11.8. The fraction of sp³-hybridized carbons (Fsp3) is 0.233. The van der Waals surface area contributed by atoms with E-state index >= 15 is 0 Å². The van der Waals surface area contributed by atoms with E-state index in [4.69, 9.17) is 4.74 Å². The van der Waals surface area contributed by atoms with Crippen LogP contribution in [0.25, 0.3) is 10.8 Å². The number of benzene rings is 4.